The molecule has 28 heavy (non-hydrogen) atoms. The first-order valence-corrected chi connectivity index (χ1v) is 9.84. The van der Waals surface area contributed by atoms with E-state index in [4.69, 9.17) is 9.40 Å². The average molecular weight is 378 g/mol. The molecule has 1 unspecified atom stereocenters. The number of piperidine rings is 1. The molecule has 1 saturated heterocycles. The average Bonchev–Trinajstić information content (AvgIpc) is 3.00. The van der Waals surface area contributed by atoms with Gasteiger partial charge in [-0.3, -0.25) is 4.79 Å². The van der Waals surface area contributed by atoms with Gasteiger partial charge in [0.15, 0.2) is 0 Å². The molecule has 1 fully saturated rings. The molecule has 1 aliphatic rings. The van der Waals surface area contributed by atoms with Crippen molar-refractivity contribution in [1.82, 2.24) is 15.3 Å². The number of hydrogen-bond acceptors (Lipinski definition) is 5. The van der Waals surface area contributed by atoms with Crippen LogP contribution >= 0.6 is 0 Å². The number of amides is 1. The van der Waals surface area contributed by atoms with E-state index >= 15 is 0 Å². The molecule has 1 aliphatic heterocycles. The molecule has 0 saturated carbocycles. The fourth-order valence-electron chi connectivity index (χ4n) is 3.87. The van der Waals surface area contributed by atoms with Crippen molar-refractivity contribution in [2.24, 2.45) is 5.92 Å². The highest BCUT2D eigenvalue weighted by molar-refractivity contribution is 5.90. The summed E-state index contributed by atoms with van der Waals surface area (Å²) in [7, 11) is 0. The van der Waals surface area contributed by atoms with Crippen LogP contribution in [-0.2, 0) is 11.3 Å². The van der Waals surface area contributed by atoms with E-state index in [1.807, 2.05) is 51.1 Å². The van der Waals surface area contributed by atoms with Crippen molar-refractivity contribution in [3.63, 3.8) is 0 Å². The van der Waals surface area contributed by atoms with Gasteiger partial charge >= 0.3 is 0 Å². The lowest BCUT2D eigenvalue weighted by Gasteiger charge is -2.33. The highest BCUT2D eigenvalue weighted by Crippen LogP contribution is 2.33. The lowest BCUT2D eigenvalue weighted by atomic mass is 9.96. The van der Waals surface area contributed by atoms with Gasteiger partial charge in [-0.05, 0) is 39.2 Å². The van der Waals surface area contributed by atoms with Crippen molar-refractivity contribution in [3.8, 4) is 0 Å². The minimum Gasteiger partial charge on any atom is -0.443 e. The van der Waals surface area contributed by atoms with E-state index in [1.54, 1.807) is 0 Å². The van der Waals surface area contributed by atoms with Crippen molar-refractivity contribution < 1.29 is 9.21 Å². The van der Waals surface area contributed by atoms with Gasteiger partial charge in [-0.1, -0.05) is 30.3 Å². The maximum absolute atomic E-state index is 12.8. The number of carbonyl (C=O) groups is 1. The van der Waals surface area contributed by atoms with Gasteiger partial charge in [0.05, 0.1) is 11.3 Å². The van der Waals surface area contributed by atoms with Gasteiger partial charge in [0.2, 0.25) is 11.6 Å². The first kappa shape index (κ1) is 18.5. The standard InChI is InChI=1S/C22H26N4O2/c1-14-15(2)28-22-19(14)20(24-16(3)25-22)26-11-7-10-18(13-26)21(27)23-12-17-8-5-4-6-9-17/h4-6,8-9,18H,7,10-13H2,1-3H3,(H,23,27). The van der Waals surface area contributed by atoms with Crippen LogP contribution in [0.1, 0.15) is 35.6 Å². The summed E-state index contributed by atoms with van der Waals surface area (Å²) in [5, 5.41) is 4.05. The maximum atomic E-state index is 12.8. The number of nitrogens with zero attached hydrogens (tertiary/aromatic N) is 3. The Morgan fingerprint density at radius 1 is 1.21 bits per heavy atom. The first-order valence-electron chi connectivity index (χ1n) is 9.84. The van der Waals surface area contributed by atoms with E-state index in [0.29, 0.717) is 24.6 Å². The summed E-state index contributed by atoms with van der Waals surface area (Å²) in [5.74, 6) is 2.50. The predicted molar refractivity (Wildman–Crippen MR) is 109 cm³/mol. The second-order valence-corrected chi connectivity index (χ2v) is 7.55. The van der Waals surface area contributed by atoms with Crippen LogP contribution in [-0.4, -0.2) is 29.0 Å². The zero-order valence-corrected chi connectivity index (χ0v) is 16.7. The maximum Gasteiger partial charge on any atom is 0.231 e. The minimum atomic E-state index is -0.0453. The number of fused-ring (bicyclic) bond motifs is 1. The van der Waals surface area contributed by atoms with Crippen molar-refractivity contribution >= 4 is 22.8 Å². The summed E-state index contributed by atoms with van der Waals surface area (Å²) in [5.41, 5.74) is 2.81. The van der Waals surface area contributed by atoms with Crippen LogP contribution in [0, 0.1) is 26.7 Å². The Morgan fingerprint density at radius 2 is 2.00 bits per heavy atom. The molecule has 0 bridgehead atoms. The Morgan fingerprint density at radius 3 is 2.79 bits per heavy atom. The van der Waals surface area contributed by atoms with Crippen LogP contribution in [0.25, 0.3) is 11.1 Å². The fraction of sp³-hybridized carbons (Fsp3) is 0.409. The zero-order chi connectivity index (χ0) is 19.7. The molecule has 1 N–H and O–H groups in total. The molecule has 1 atom stereocenters. The lowest BCUT2D eigenvalue weighted by molar-refractivity contribution is -0.125. The monoisotopic (exact) mass is 378 g/mol. The third kappa shape index (κ3) is 3.59. The van der Waals surface area contributed by atoms with Crippen molar-refractivity contribution in [3.05, 3.63) is 53.0 Å². The van der Waals surface area contributed by atoms with Gasteiger partial charge in [-0.25, -0.2) is 4.98 Å². The number of rotatable bonds is 4. The molecule has 146 valence electrons. The van der Waals surface area contributed by atoms with Gasteiger partial charge in [-0.15, -0.1) is 0 Å². The van der Waals surface area contributed by atoms with E-state index in [9.17, 15) is 4.79 Å². The quantitative estimate of drug-likeness (QED) is 0.750. The van der Waals surface area contributed by atoms with Crippen LogP contribution < -0.4 is 10.2 Å². The first-order chi connectivity index (χ1) is 13.5. The molecule has 0 aliphatic carbocycles. The van der Waals surface area contributed by atoms with Gasteiger partial charge in [0, 0.05) is 25.2 Å². The van der Waals surface area contributed by atoms with E-state index in [2.05, 4.69) is 15.2 Å². The molecule has 3 aromatic rings. The summed E-state index contributed by atoms with van der Waals surface area (Å²) < 4.78 is 5.82. The summed E-state index contributed by atoms with van der Waals surface area (Å²) in [6.45, 7) is 7.98. The second-order valence-electron chi connectivity index (χ2n) is 7.55. The second kappa shape index (κ2) is 7.62. The largest absolute Gasteiger partial charge is 0.443 e. The number of hydrogen-bond donors (Lipinski definition) is 1. The molecule has 0 radical (unpaired) electrons. The molecular weight excluding hydrogens is 352 g/mol. The molecule has 1 aromatic carbocycles. The highest BCUT2D eigenvalue weighted by Gasteiger charge is 2.29. The van der Waals surface area contributed by atoms with Crippen LogP contribution in [0.4, 0.5) is 5.82 Å². The molecule has 2 aromatic heterocycles. The SMILES string of the molecule is Cc1nc(N2CCCC(C(=O)NCc3ccccc3)C2)c2c(C)c(C)oc2n1. The Kier molecular flexibility index (Phi) is 5.03. The minimum absolute atomic E-state index is 0.0453. The van der Waals surface area contributed by atoms with Crippen molar-refractivity contribution in [1.29, 1.82) is 0 Å². The molecule has 4 rings (SSSR count). The number of aromatic nitrogens is 2. The van der Waals surface area contributed by atoms with E-state index in [-0.39, 0.29) is 11.8 Å². The van der Waals surface area contributed by atoms with Gasteiger partial charge in [-0.2, -0.15) is 4.98 Å². The molecule has 6 heteroatoms. The highest BCUT2D eigenvalue weighted by atomic mass is 16.3. The van der Waals surface area contributed by atoms with Crippen molar-refractivity contribution in [2.45, 2.75) is 40.2 Å². The van der Waals surface area contributed by atoms with E-state index in [1.165, 1.54) is 0 Å². The Bertz CT molecular complexity index is 997. The van der Waals surface area contributed by atoms with Gasteiger partial charge in [0.1, 0.15) is 17.4 Å². The fourth-order valence-corrected chi connectivity index (χ4v) is 3.87. The molecular formula is C22H26N4O2. The Labute approximate surface area is 165 Å². The Balaban J connectivity index is 1.52. The van der Waals surface area contributed by atoms with Crippen LogP contribution in [0.5, 0.6) is 0 Å². The van der Waals surface area contributed by atoms with Crippen LogP contribution in [0.15, 0.2) is 34.7 Å². The number of benzene rings is 1. The smallest absolute Gasteiger partial charge is 0.231 e. The van der Waals surface area contributed by atoms with Gasteiger partial charge in [0.25, 0.3) is 0 Å². The molecule has 3 heterocycles. The topological polar surface area (TPSA) is 71.3 Å². The zero-order valence-electron chi connectivity index (χ0n) is 16.7. The Hall–Kier alpha value is -2.89. The molecule has 6 nitrogen and oxygen atoms in total. The van der Waals surface area contributed by atoms with Crippen LogP contribution in [0.2, 0.25) is 0 Å². The third-order valence-electron chi connectivity index (χ3n) is 5.52. The normalized spacial score (nSPS) is 17.1. The third-order valence-corrected chi connectivity index (χ3v) is 5.52. The lowest BCUT2D eigenvalue weighted by Crippen LogP contribution is -2.43. The number of furan rings is 1. The summed E-state index contributed by atoms with van der Waals surface area (Å²) in [4.78, 5) is 24.1. The number of carbonyl (C=O) groups excluding carboxylic acids is 1. The summed E-state index contributed by atoms with van der Waals surface area (Å²) in [6, 6.07) is 10.0. The van der Waals surface area contributed by atoms with Gasteiger partial charge < -0.3 is 14.6 Å². The predicted octanol–water partition coefficient (Wildman–Crippen LogP) is 3.68. The number of nitrogens with one attached hydrogen (secondary N) is 1. The van der Waals surface area contributed by atoms with Crippen LogP contribution in [0.3, 0.4) is 0 Å². The molecule has 0 spiro atoms. The summed E-state index contributed by atoms with van der Waals surface area (Å²) >= 11 is 0. The van der Waals surface area contributed by atoms with E-state index < -0.39 is 0 Å². The summed E-state index contributed by atoms with van der Waals surface area (Å²) in [6.07, 6.45) is 1.86. The van der Waals surface area contributed by atoms with E-state index in [0.717, 1.165) is 47.5 Å². The van der Waals surface area contributed by atoms with Crippen molar-refractivity contribution in [2.75, 3.05) is 18.0 Å². The number of anilines is 1. The molecule has 1 amide bonds. The number of aryl methyl sites for hydroxylation is 3.